The molecule has 1 heterocycles. The van der Waals surface area contributed by atoms with E-state index >= 15 is 0 Å². The van der Waals surface area contributed by atoms with Gasteiger partial charge >= 0.3 is 12.0 Å². The minimum absolute atomic E-state index is 0.316. The molecular formula is C9H17N3O3. The third-order valence-corrected chi connectivity index (χ3v) is 2.36. The molecular weight excluding hydrogens is 198 g/mol. The first-order chi connectivity index (χ1) is 6.93. The maximum absolute atomic E-state index is 11.6. The molecule has 0 unspecified atom stereocenters. The molecule has 0 atom stereocenters. The number of nitrogens with one attached hydrogen (secondary N) is 2. The lowest BCUT2D eigenvalue weighted by molar-refractivity contribution is -0.143. The number of amides is 2. The Labute approximate surface area is 88.6 Å². The summed E-state index contributed by atoms with van der Waals surface area (Å²) in [5.74, 6) is -1.04. The molecule has 1 rings (SSSR count). The molecule has 2 amide bonds. The van der Waals surface area contributed by atoms with Gasteiger partial charge in [-0.15, -0.1) is 0 Å². The number of piperazine rings is 1. The van der Waals surface area contributed by atoms with Crippen molar-refractivity contribution in [2.45, 2.75) is 19.4 Å². The molecule has 15 heavy (non-hydrogen) atoms. The van der Waals surface area contributed by atoms with Crippen molar-refractivity contribution >= 4 is 12.0 Å². The van der Waals surface area contributed by atoms with Gasteiger partial charge in [-0.2, -0.15) is 0 Å². The number of hydrogen-bond donors (Lipinski definition) is 3. The first-order valence-electron chi connectivity index (χ1n) is 4.95. The average Bonchev–Trinajstić information content (AvgIpc) is 2.18. The molecule has 0 saturated carbocycles. The van der Waals surface area contributed by atoms with Crippen molar-refractivity contribution in [1.29, 1.82) is 0 Å². The topological polar surface area (TPSA) is 81.7 Å². The number of carbonyl (C=O) groups is 2. The Morgan fingerprint density at radius 1 is 1.33 bits per heavy atom. The highest BCUT2D eigenvalue weighted by Gasteiger charge is 2.31. The van der Waals surface area contributed by atoms with Crippen molar-refractivity contribution < 1.29 is 14.7 Å². The van der Waals surface area contributed by atoms with Gasteiger partial charge < -0.3 is 20.6 Å². The molecule has 1 aliphatic heterocycles. The monoisotopic (exact) mass is 215 g/mol. The Kier molecular flexibility index (Phi) is 3.52. The zero-order valence-electron chi connectivity index (χ0n) is 9.04. The number of nitrogens with zero attached hydrogens (tertiary/aromatic N) is 1. The second-order valence-corrected chi connectivity index (χ2v) is 4.10. The van der Waals surface area contributed by atoms with Gasteiger partial charge in [0.1, 0.15) is 5.54 Å². The number of rotatable bonds is 2. The molecule has 0 aromatic rings. The van der Waals surface area contributed by atoms with Crippen molar-refractivity contribution in [2.24, 2.45) is 0 Å². The van der Waals surface area contributed by atoms with Gasteiger partial charge in [0.2, 0.25) is 0 Å². The summed E-state index contributed by atoms with van der Waals surface area (Å²) in [6.07, 6.45) is 0. The Morgan fingerprint density at radius 2 is 1.87 bits per heavy atom. The maximum atomic E-state index is 11.6. The highest BCUT2D eigenvalue weighted by molar-refractivity contribution is 5.85. The Hall–Kier alpha value is -1.30. The lowest BCUT2D eigenvalue weighted by Gasteiger charge is -2.31. The predicted octanol–water partition coefficient (Wildman–Crippen LogP) is -0.536. The molecule has 86 valence electrons. The van der Waals surface area contributed by atoms with Crippen molar-refractivity contribution in [3.63, 3.8) is 0 Å². The highest BCUT2D eigenvalue weighted by atomic mass is 16.4. The van der Waals surface area contributed by atoms with Crippen LogP contribution in [0.15, 0.2) is 0 Å². The van der Waals surface area contributed by atoms with Crippen LogP contribution in [-0.4, -0.2) is 53.7 Å². The number of carbonyl (C=O) groups excluding carboxylic acids is 1. The van der Waals surface area contributed by atoms with Crippen molar-refractivity contribution in [3.05, 3.63) is 0 Å². The summed E-state index contributed by atoms with van der Waals surface area (Å²) in [6, 6.07) is -0.316. The van der Waals surface area contributed by atoms with E-state index in [-0.39, 0.29) is 6.03 Å². The summed E-state index contributed by atoms with van der Waals surface area (Å²) in [5.41, 5.74) is -1.22. The normalized spacial score (nSPS) is 17.3. The van der Waals surface area contributed by atoms with Gasteiger partial charge in [-0.1, -0.05) is 0 Å². The van der Waals surface area contributed by atoms with Crippen LogP contribution in [0.25, 0.3) is 0 Å². The lowest BCUT2D eigenvalue weighted by Crippen LogP contribution is -2.57. The van der Waals surface area contributed by atoms with Crippen molar-refractivity contribution in [2.75, 3.05) is 26.2 Å². The second-order valence-electron chi connectivity index (χ2n) is 4.10. The van der Waals surface area contributed by atoms with Crippen LogP contribution in [0.3, 0.4) is 0 Å². The first kappa shape index (κ1) is 11.8. The van der Waals surface area contributed by atoms with E-state index in [4.69, 9.17) is 5.11 Å². The third kappa shape index (κ3) is 3.09. The SMILES string of the molecule is CC(C)(NC(=O)N1CCNCC1)C(=O)O. The standard InChI is InChI=1S/C9H17N3O3/c1-9(2,7(13)14)11-8(15)12-5-3-10-4-6-12/h10H,3-6H2,1-2H3,(H,11,15)(H,13,14). The third-order valence-electron chi connectivity index (χ3n) is 2.36. The second kappa shape index (κ2) is 4.48. The predicted molar refractivity (Wildman–Crippen MR) is 54.7 cm³/mol. The summed E-state index contributed by atoms with van der Waals surface area (Å²) < 4.78 is 0. The van der Waals surface area contributed by atoms with Crippen LogP contribution >= 0.6 is 0 Å². The fourth-order valence-electron chi connectivity index (χ4n) is 1.27. The highest BCUT2D eigenvalue weighted by Crippen LogP contribution is 2.04. The molecule has 0 radical (unpaired) electrons. The van der Waals surface area contributed by atoms with E-state index < -0.39 is 11.5 Å². The van der Waals surface area contributed by atoms with E-state index in [0.29, 0.717) is 13.1 Å². The van der Waals surface area contributed by atoms with Crippen molar-refractivity contribution in [1.82, 2.24) is 15.5 Å². The largest absolute Gasteiger partial charge is 0.480 e. The summed E-state index contributed by atoms with van der Waals surface area (Å²) in [5, 5.41) is 14.4. The zero-order chi connectivity index (χ0) is 11.5. The number of carboxylic acids is 1. The maximum Gasteiger partial charge on any atom is 0.328 e. The summed E-state index contributed by atoms with van der Waals surface area (Å²) in [7, 11) is 0. The fourth-order valence-corrected chi connectivity index (χ4v) is 1.27. The van der Waals surface area contributed by atoms with E-state index in [2.05, 4.69) is 10.6 Å². The Bertz CT molecular complexity index is 259. The van der Waals surface area contributed by atoms with E-state index in [1.807, 2.05) is 0 Å². The van der Waals surface area contributed by atoms with Crippen molar-refractivity contribution in [3.8, 4) is 0 Å². The van der Waals surface area contributed by atoms with Gasteiger partial charge in [0.25, 0.3) is 0 Å². The van der Waals surface area contributed by atoms with Crippen LogP contribution in [0.5, 0.6) is 0 Å². The summed E-state index contributed by atoms with van der Waals surface area (Å²) in [6.45, 7) is 5.66. The molecule has 0 aliphatic carbocycles. The van der Waals surface area contributed by atoms with Crippen LogP contribution in [0.4, 0.5) is 4.79 Å². The quantitative estimate of drug-likeness (QED) is 0.578. The molecule has 0 aromatic heterocycles. The molecule has 0 spiro atoms. The van der Waals surface area contributed by atoms with Gasteiger partial charge in [0.15, 0.2) is 0 Å². The molecule has 6 nitrogen and oxygen atoms in total. The minimum Gasteiger partial charge on any atom is -0.480 e. The summed E-state index contributed by atoms with van der Waals surface area (Å²) in [4.78, 5) is 24.0. The molecule has 6 heteroatoms. The van der Waals surface area contributed by atoms with Crippen LogP contribution in [0, 0.1) is 0 Å². The molecule has 3 N–H and O–H groups in total. The number of urea groups is 1. The average molecular weight is 215 g/mol. The van der Waals surface area contributed by atoms with Crippen LogP contribution in [0.1, 0.15) is 13.8 Å². The minimum atomic E-state index is -1.22. The van der Waals surface area contributed by atoms with Gasteiger partial charge in [-0.05, 0) is 13.8 Å². The zero-order valence-corrected chi connectivity index (χ0v) is 9.04. The molecule has 1 aliphatic rings. The number of hydrogen-bond acceptors (Lipinski definition) is 3. The van der Waals surface area contributed by atoms with Crippen LogP contribution in [-0.2, 0) is 4.79 Å². The number of carboxylic acid groups (broad SMARTS) is 1. The van der Waals surface area contributed by atoms with Crippen LogP contribution in [0.2, 0.25) is 0 Å². The molecule has 0 aromatic carbocycles. The van der Waals surface area contributed by atoms with E-state index in [1.54, 1.807) is 4.90 Å². The fraction of sp³-hybridized carbons (Fsp3) is 0.778. The van der Waals surface area contributed by atoms with Gasteiger partial charge in [0, 0.05) is 26.2 Å². The Balaban J connectivity index is 2.50. The smallest absolute Gasteiger partial charge is 0.328 e. The first-order valence-corrected chi connectivity index (χ1v) is 4.95. The molecule has 0 bridgehead atoms. The van der Waals surface area contributed by atoms with E-state index in [1.165, 1.54) is 13.8 Å². The lowest BCUT2D eigenvalue weighted by atomic mass is 10.1. The van der Waals surface area contributed by atoms with Crippen LogP contribution < -0.4 is 10.6 Å². The number of aliphatic carboxylic acids is 1. The van der Waals surface area contributed by atoms with Gasteiger partial charge in [-0.3, -0.25) is 0 Å². The molecule has 1 fully saturated rings. The molecule has 1 saturated heterocycles. The van der Waals surface area contributed by atoms with Gasteiger partial charge in [0.05, 0.1) is 0 Å². The van der Waals surface area contributed by atoms with E-state index in [9.17, 15) is 9.59 Å². The van der Waals surface area contributed by atoms with E-state index in [0.717, 1.165) is 13.1 Å². The van der Waals surface area contributed by atoms with Gasteiger partial charge in [-0.25, -0.2) is 9.59 Å². The Morgan fingerprint density at radius 3 is 2.33 bits per heavy atom. The summed E-state index contributed by atoms with van der Waals surface area (Å²) >= 11 is 0.